The van der Waals surface area contributed by atoms with E-state index in [2.05, 4.69) is 15.9 Å². The van der Waals surface area contributed by atoms with Gasteiger partial charge in [-0.3, -0.25) is 9.69 Å². The smallest absolute Gasteiger partial charge is 0.378 e. The molecule has 0 N–H and O–H groups in total. The lowest BCUT2D eigenvalue weighted by Crippen LogP contribution is -2.30. The van der Waals surface area contributed by atoms with Gasteiger partial charge in [0.1, 0.15) is 6.61 Å². The summed E-state index contributed by atoms with van der Waals surface area (Å²) in [4.78, 5) is 16.4. The summed E-state index contributed by atoms with van der Waals surface area (Å²) < 4.78 is 22.7. The highest BCUT2D eigenvalue weighted by molar-refractivity contribution is 9.09. The van der Waals surface area contributed by atoms with Gasteiger partial charge in [-0.15, -0.1) is 4.52 Å². The maximum atomic E-state index is 13.0. The largest absolute Gasteiger partial charge is 0.518 e. The van der Waals surface area contributed by atoms with E-state index in [0.29, 0.717) is 23.9 Å². The number of rotatable bonds is 8. The third-order valence-electron chi connectivity index (χ3n) is 3.69. The predicted octanol–water partition coefficient (Wildman–Crippen LogP) is 5.64. The molecule has 1 unspecified atom stereocenters. The number of amides is 1. The Hall–Kier alpha value is -0.950. The van der Waals surface area contributed by atoms with Crippen LogP contribution in [0.15, 0.2) is 52.3 Å². The van der Waals surface area contributed by atoms with Crippen LogP contribution in [0.5, 0.6) is 0 Å². The van der Waals surface area contributed by atoms with E-state index >= 15 is 0 Å². The Morgan fingerprint density at radius 1 is 1.11 bits per heavy atom. The average Bonchev–Trinajstić information content (AvgIpc) is 2.65. The number of fused-ring (bicyclic) bond motifs is 2. The molecule has 3 rings (SSSR count). The first-order valence-corrected chi connectivity index (χ1v) is 11.9. The SMILES string of the molecule is O=C(C[P+](=O)OCCOCCBr)N1c2ccccc2Sc2ccc(Cl)cc21. The molecule has 0 bridgehead atoms. The van der Waals surface area contributed by atoms with Gasteiger partial charge in [-0.2, -0.15) is 0 Å². The van der Waals surface area contributed by atoms with Crippen LogP contribution in [-0.2, 0) is 18.6 Å². The fourth-order valence-corrected chi connectivity index (χ4v) is 4.74. The molecule has 0 aliphatic carbocycles. The molecule has 2 aromatic rings. The number of halogens is 2. The molecule has 5 nitrogen and oxygen atoms in total. The van der Waals surface area contributed by atoms with Crippen LogP contribution in [0, 0.1) is 0 Å². The molecule has 0 aromatic heterocycles. The van der Waals surface area contributed by atoms with Crippen molar-refractivity contribution in [3.63, 3.8) is 0 Å². The Balaban J connectivity index is 1.74. The van der Waals surface area contributed by atoms with Gasteiger partial charge in [0.05, 0.1) is 24.6 Å². The summed E-state index contributed by atoms with van der Waals surface area (Å²) in [5, 5.41) is 1.27. The molecule has 1 atom stereocenters. The average molecular weight is 490 g/mol. The van der Waals surface area contributed by atoms with Crippen LogP contribution >= 0.6 is 47.3 Å². The van der Waals surface area contributed by atoms with Crippen molar-refractivity contribution in [1.82, 2.24) is 0 Å². The lowest BCUT2D eigenvalue weighted by molar-refractivity contribution is -0.115. The van der Waals surface area contributed by atoms with E-state index in [1.807, 2.05) is 30.3 Å². The molecule has 27 heavy (non-hydrogen) atoms. The van der Waals surface area contributed by atoms with Crippen molar-refractivity contribution in [3.05, 3.63) is 47.5 Å². The zero-order valence-corrected chi connectivity index (χ0v) is 18.3. The van der Waals surface area contributed by atoms with Crippen LogP contribution in [-0.4, -0.2) is 37.2 Å². The minimum Gasteiger partial charge on any atom is -0.378 e. The number of carbonyl (C=O) groups excluding carboxylic acids is 1. The number of ether oxygens (including phenoxy) is 1. The van der Waals surface area contributed by atoms with Crippen molar-refractivity contribution in [1.29, 1.82) is 0 Å². The summed E-state index contributed by atoms with van der Waals surface area (Å²) in [5.41, 5.74) is 1.45. The molecular weight excluding hydrogens is 473 g/mol. The second-order valence-electron chi connectivity index (χ2n) is 5.54. The normalized spacial score (nSPS) is 13.1. The van der Waals surface area contributed by atoms with Crippen LogP contribution in [0.1, 0.15) is 0 Å². The molecule has 0 spiro atoms. The summed E-state index contributed by atoms with van der Waals surface area (Å²) in [6, 6.07) is 13.0. The van der Waals surface area contributed by atoms with Crippen LogP contribution < -0.4 is 4.90 Å². The molecule has 0 saturated carbocycles. The molecular formula is C18H17BrClNO4PS+. The fourth-order valence-electron chi connectivity index (χ4n) is 2.58. The monoisotopic (exact) mass is 488 g/mol. The second kappa shape index (κ2) is 10.0. The Morgan fingerprint density at radius 3 is 2.70 bits per heavy atom. The Labute approximate surface area is 176 Å². The standard InChI is InChI=1S/C18H17BrClNO4PS/c19-7-8-24-9-10-25-26(23)12-18(22)21-14-3-1-2-4-16(14)27-17-6-5-13(20)11-15(17)21/h1-6,11H,7-10,12H2/q+1. The Kier molecular flexibility index (Phi) is 7.70. The summed E-state index contributed by atoms with van der Waals surface area (Å²) in [6.45, 7) is 1.08. The molecule has 9 heteroatoms. The third kappa shape index (κ3) is 5.31. The lowest BCUT2D eigenvalue weighted by atomic mass is 10.2. The highest BCUT2D eigenvalue weighted by Gasteiger charge is 2.34. The van der Waals surface area contributed by atoms with Crippen molar-refractivity contribution >= 4 is 64.6 Å². The molecule has 2 aromatic carbocycles. The van der Waals surface area contributed by atoms with Gasteiger partial charge in [0, 0.05) is 20.1 Å². The van der Waals surface area contributed by atoms with Gasteiger partial charge in [-0.05, 0) is 34.9 Å². The highest BCUT2D eigenvalue weighted by atomic mass is 79.9. The van der Waals surface area contributed by atoms with Gasteiger partial charge in [0.15, 0.2) is 0 Å². The summed E-state index contributed by atoms with van der Waals surface area (Å²) in [5.74, 6) is -0.297. The Bertz CT molecular complexity index is 854. The molecule has 0 fully saturated rings. The van der Waals surface area contributed by atoms with E-state index in [1.165, 1.54) is 0 Å². The number of benzene rings is 2. The van der Waals surface area contributed by atoms with Gasteiger partial charge < -0.3 is 4.74 Å². The number of nitrogens with zero attached hydrogens (tertiary/aromatic N) is 1. The molecule has 0 saturated heterocycles. The minimum absolute atomic E-state index is 0.185. The summed E-state index contributed by atoms with van der Waals surface area (Å²) in [6.07, 6.45) is -0.210. The van der Waals surface area contributed by atoms with Crippen molar-refractivity contribution in [2.75, 3.05) is 36.2 Å². The van der Waals surface area contributed by atoms with Gasteiger partial charge in [0.2, 0.25) is 0 Å². The number of carbonyl (C=O) groups is 1. The molecule has 1 heterocycles. The number of anilines is 2. The summed E-state index contributed by atoms with van der Waals surface area (Å²) in [7, 11) is -2.12. The van der Waals surface area contributed by atoms with Crippen LogP contribution in [0.3, 0.4) is 0 Å². The van der Waals surface area contributed by atoms with E-state index in [1.54, 1.807) is 28.8 Å². The molecule has 1 amide bonds. The van der Waals surface area contributed by atoms with Crippen molar-refractivity contribution in [2.45, 2.75) is 9.79 Å². The highest BCUT2D eigenvalue weighted by Crippen LogP contribution is 2.49. The van der Waals surface area contributed by atoms with E-state index in [-0.39, 0.29) is 18.7 Å². The molecule has 142 valence electrons. The van der Waals surface area contributed by atoms with E-state index in [9.17, 15) is 9.36 Å². The first-order chi connectivity index (χ1) is 13.1. The zero-order chi connectivity index (χ0) is 19.2. The van der Waals surface area contributed by atoms with Crippen molar-refractivity contribution in [3.8, 4) is 0 Å². The predicted molar refractivity (Wildman–Crippen MR) is 112 cm³/mol. The fraction of sp³-hybridized carbons (Fsp3) is 0.278. The number of hydrogen-bond acceptors (Lipinski definition) is 5. The molecule has 1 aliphatic rings. The van der Waals surface area contributed by atoms with Crippen molar-refractivity contribution in [2.24, 2.45) is 0 Å². The van der Waals surface area contributed by atoms with E-state index < -0.39 is 8.03 Å². The van der Waals surface area contributed by atoms with Gasteiger partial charge >= 0.3 is 8.03 Å². The molecule has 0 radical (unpaired) electrons. The zero-order valence-electron chi connectivity index (χ0n) is 14.3. The Morgan fingerprint density at radius 2 is 1.89 bits per heavy atom. The second-order valence-corrected chi connectivity index (χ2v) is 9.09. The summed E-state index contributed by atoms with van der Waals surface area (Å²) >= 11 is 11.0. The first kappa shape index (κ1) is 20.8. The topological polar surface area (TPSA) is 55.8 Å². The quantitative estimate of drug-likeness (QED) is 0.273. The lowest BCUT2D eigenvalue weighted by Gasteiger charge is -2.30. The molecule has 1 aliphatic heterocycles. The number of hydrogen-bond donors (Lipinski definition) is 0. The van der Waals surface area contributed by atoms with Crippen molar-refractivity contribution < 1.29 is 18.6 Å². The van der Waals surface area contributed by atoms with Gasteiger partial charge in [0.25, 0.3) is 12.1 Å². The van der Waals surface area contributed by atoms with Crippen LogP contribution in [0.2, 0.25) is 5.02 Å². The maximum Gasteiger partial charge on any atom is 0.518 e. The first-order valence-electron chi connectivity index (χ1n) is 8.21. The van der Waals surface area contributed by atoms with Gasteiger partial charge in [-0.1, -0.05) is 51.4 Å². The minimum atomic E-state index is -2.12. The van der Waals surface area contributed by atoms with Crippen LogP contribution in [0.4, 0.5) is 11.4 Å². The van der Waals surface area contributed by atoms with E-state index in [4.69, 9.17) is 20.9 Å². The number of para-hydroxylation sites is 1. The number of alkyl halides is 1. The van der Waals surface area contributed by atoms with E-state index in [0.717, 1.165) is 20.8 Å². The van der Waals surface area contributed by atoms with Crippen LogP contribution in [0.25, 0.3) is 0 Å². The third-order valence-corrected chi connectivity index (χ3v) is 6.37. The van der Waals surface area contributed by atoms with Gasteiger partial charge in [-0.25, -0.2) is 0 Å². The maximum absolute atomic E-state index is 13.0.